The number of nitrogens with zero attached hydrogens (tertiary/aromatic N) is 1. The van der Waals surface area contributed by atoms with E-state index in [-0.39, 0.29) is 37.2 Å². The fourth-order valence-electron chi connectivity index (χ4n) is 6.76. The standard InChI is InChI=1S/C33H29Cl2NO6/c1-41-21-11-9-10-20(18-21)26(37)19-42-27(38)16-3-2-8-17-36-30(39)28-29(31(36)40)33(35)23-13-5-4-12-22(23)32(28,34)24-14-6-7-15-25(24)33/h4-7,9-15,18,28-29H,2-3,8,16-17,19H2,1H3/t28-,29-,32?,33?/m0/s1. The van der Waals surface area contributed by atoms with Crippen LogP contribution in [0.15, 0.2) is 72.8 Å². The lowest BCUT2D eigenvalue weighted by Gasteiger charge is -2.54. The van der Waals surface area contributed by atoms with Crippen LogP contribution in [0.4, 0.5) is 0 Å². The number of rotatable bonds is 10. The summed E-state index contributed by atoms with van der Waals surface area (Å²) in [7, 11) is 1.51. The van der Waals surface area contributed by atoms with Crippen molar-refractivity contribution in [1.82, 2.24) is 4.90 Å². The summed E-state index contributed by atoms with van der Waals surface area (Å²) in [6.07, 6.45) is 1.71. The number of ketones is 1. The van der Waals surface area contributed by atoms with E-state index in [9.17, 15) is 19.2 Å². The number of carbonyl (C=O) groups excluding carboxylic acids is 4. The molecule has 216 valence electrons. The van der Waals surface area contributed by atoms with E-state index in [2.05, 4.69) is 0 Å². The van der Waals surface area contributed by atoms with Crippen molar-refractivity contribution >= 4 is 46.8 Å². The Kier molecular flexibility index (Phi) is 7.36. The molecule has 7 nitrogen and oxygen atoms in total. The third-order valence-electron chi connectivity index (χ3n) is 8.70. The van der Waals surface area contributed by atoms with E-state index >= 15 is 0 Å². The average Bonchev–Trinajstić information content (AvgIpc) is 3.28. The van der Waals surface area contributed by atoms with Crippen molar-refractivity contribution in [3.8, 4) is 5.75 Å². The molecule has 9 heteroatoms. The zero-order valence-corrected chi connectivity index (χ0v) is 24.5. The number of likely N-dealkylation sites (tertiary alicyclic amines) is 1. The van der Waals surface area contributed by atoms with Crippen LogP contribution in [0.3, 0.4) is 0 Å². The average molecular weight is 607 g/mol. The van der Waals surface area contributed by atoms with Crippen molar-refractivity contribution in [1.29, 1.82) is 0 Å². The minimum absolute atomic E-state index is 0.124. The zero-order valence-electron chi connectivity index (χ0n) is 23.0. The zero-order chi connectivity index (χ0) is 29.6. The lowest BCUT2D eigenvalue weighted by molar-refractivity contribution is -0.143. The Hall–Kier alpha value is -3.68. The highest BCUT2D eigenvalue weighted by Gasteiger charge is 2.72. The molecule has 0 N–H and O–H groups in total. The number of ether oxygens (including phenoxy) is 2. The number of benzene rings is 3. The second-order valence-electron chi connectivity index (χ2n) is 10.9. The molecular weight excluding hydrogens is 577 g/mol. The van der Waals surface area contributed by atoms with E-state index < -0.39 is 27.6 Å². The molecule has 1 aliphatic heterocycles. The van der Waals surface area contributed by atoms with Crippen molar-refractivity contribution < 1.29 is 28.7 Å². The van der Waals surface area contributed by atoms with Crippen LogP contribution in [0.1, 0.15) is 58.3 Å². The van der Waals surface area contributed by atoms with Gasteiger partial charge in [-0.2, -0.15) is 0 Å². The summed E-state index contributed by atoms with van der Waals surface area (Å²) in [5, 5.41) is 0. The highest BCUT2D eigenvalue weighted by atomic mass is 35.5. The van der Waals surface area contributed by atoms with Crippen LogP contribution >= 0.6 is 23.2 Å². The first-order chi connectivity index (χ1) is 20.2. The number of imide groups is 1. The van der Waals surface area contributed by atoms with Crippen LogP contribution in [-0.2, 0) is 28.9 Å². The van der Waals surface area contributed by atoms with Gasteiger partial charge in [-0.25, -0.2) is 0 Å². The van der Waals surface area contributed by atoms with Crippen molar-refractivity contribution in [3.63, 3.8) is 0 Å². The molecule has 1 fully saturated rings. The predicted molar refractivity (Wildman–Crippen MR) is 157 cm³/mol. The Bertz CT molecular complexity index is 1480. The summed E-state index contributed by atoms with van der Waals surface area (Å²) in [5.41, 5.74) is 3.49. The van der Waals surface area contributed by atoms with Crippen LogP contribution in [-0.4, -0.2) is 48.7 Å². The molecule has 0 spiro atoms. The van der Waals surface area contributed by atoms with Gasteiger partial charge in [-0.05, 0) is 47.2 Å². The molecule has 3 aromatic carbocycles. The van der Waals surface area contributed by atoms with E-state index in [1.165, 1.54) is 12.0 Å². The largest absolute Gasteiger partial charge is 0.497 e. The monoisotopic (exact) mass is 605 g/mol. The van der Waals surface area contributed by atoms with Gasteiger partial charge in [-0.1, -0.05) is 67.1 Å². The number of methoxy groups -OCH3 is 1. The minimum Gasteiger partial charge on any atom is -0.497 e. The highest BCUT2D eigenvalue weighted by molar-refractivity contribution is 6.36. The van der Waals surface area contributed by atoms with Crippen LogP contribution in [0.25, 0.3) is 0 Å². The van der Waals surface area contributed by atoms with Gasteiger partial charge in [0, 0.05) is 18.5 Å². The van der Waals surface area contributed by atoms with Crippen LogP contribution in [0, 0.1) is 11.8 Å². The number of alkyl halides is 2. The molecular formula is C33H29Cl2NO6. The van der Waals surface area contributed by atoms with Crippen molar-refractivity contribution in [2.24, 2.45) is 11.8 Å². The lowest BCUT2D eigenvalue weighted by Crippen LogP contribution is -2.57. The molecule has 3 aromatic rings. The second-order valence-corrected chi connectivity index (χ2v) is 12.1. The molecule has 0 unspecified atom stereocenters. The third-order valence-corrected chi connectivity index (χ3v) is 9.98. The van der Waals surface area contributed by atoms with Gasteiger partial charge in [-0.3, -0.25) is 24.1 Å². The van der Waals surface area contributed by atoms with E-state index in [0.717, 1.165) is 22.3 Å². The van der Waals surface area contributed by atoms with Gasteiger partial charge in [0.2, 0.25) is 11.8 Å². The summed E-state index contributed by atoms with van der Waals surface area (Å²) in [5.74, 6) is -2.51. The molecule has 1 saturated heterocycles. The Morgan fingerprint density at radius 3 is 1.86 bits per heavy atom. The number of carbonyl (C=O) groups is 4. The smallest absolute Gasteiger partial charge is 0.306 e. The molecule has 1 heterocycles. The number of esters is 1. The van der Waals surface area contributed by atoms with Gasteiger partial charge < -0.3 is 9.47 Å². The Labute approximate surface area is 253 Å². The fraction of sp³-hybridized carbons (Fsp3) is 0.333. The van der Waals surface area contributed by atoms with E-state index in [4.69, 9.17) is 32.7 Å². The molecule has 7 rings (SSSR count). The van der Waals surface area contributed by atoms with Crippen LogP contribution < -0.4 is 4.74 Å². The Morgan fingerprint density at radius 1 is 0.786 bits per heavy atom. The predicted octanol–water partition coefficient (Wildman–Crippen LogP) is 5.57. The third kappa shape index (κ3) is 4.24. The van der Waals surface area contributed by atoms with Gasteiger partial charge in [0.25, 0.3) is 0 Å². The quantitative estimate of drug-likeness (QED) is 0.0986. The Balaban J connectivity index is 1.07. The summed E-state index contributed by atoms with van der Waals surface area (Å²) in [6.45, 7) is -0.142. The minimum atomic E-state index is -1.19. The van der Waals surface area contributed by atoms with Gasteiger partial charge in [0.05, 0.1) is 18.9 Å². The van der Waals surface area contributed by atoms with Crippen LogP contribution in [0.2, 0.25) is 0 Å². The van der Waals surface area contributed by atoms with Gasteiger partial charge >= 0.3 is 5.97 Å². The lowest BCUT2D eigenvalue weighted by atomic mass is 9.54. The van der Waals surface area contributed by atoms with E-state index in [1.807, 2.05) is 48.5 Å². The number of hydrogen-bond donors (Lipinski definition) is 0. The van der Waals surface area contributed by atoms with Gasteiger partial charge in [0.1, 0.15) is 15.5 Å². The molecule has 3 aliphatic carbocycles. The summed E-state index contributed by atoms with van der Waals surface area (Å²) < 4.78 is 10.3. The van der Waals surface area contributed by atoms with Crippen molar-refractivity contribution in [2.75, 3.05) is 20.3 Å². The fourth-order valence-corrected chi connectivity index (χ4v) is 7.86. The molecule has 0 aromatic heterocycles. The highest BCUT2D eigenvalue weighted by Crippen LogP contribution is 2.69. The first kappa shape index (κ1) is 28.4. The maximum Gasteiger partial charge on any atom is 0.306 e. The molecule has 0 radical (unpaired) electrons. The number of halogens is 2. The Morgan fingerprint density at radius 2 is 1.33 bits per heavy atom. The first-order valence-corrected chi connectivity index (χ1v) is 14.7. The normalized spacial score (nSPS) is 25.1. The van der Waals surface area contributed by atoms with E-state index in [0.29, 0.717) is 30.6 Å². The molecule has 4 aliphatic rings. The topological polar surface area (TPSA) is 90.0 Å². The number of hydrogen-bond acceptors (Lipinski definition) is 6. The van der Waals surface area contributed by atoms with Gasteiger partial charge in [-0.15, -0.1) is 23.2 Å². The maximum atomic E-state index is 13.8. The summed E-state index contributed by atoms with van der Waals surface area (Å²) in [6, 6.07) is 21.7. The molecule has 0 saturated carbocycles. The maximum absolute atomic E-state index is 13.8. The van der Waals surface area contributed by atoms with Gasteiger partial charge in [0.15, 0.2) is 12.4 Å². The van der Waals surface area contributed by atoms with Crippen LogP contribution in [0.5, 0.6) is 5.75 Å². The number of Topliss-reactive ketones (excluding diaryl/α,β-unsaturated/α-hetero) is 1. The molecule has 2 bridgehead atoms. The van der Waals surface area contributed by atoms with E-state index in [1.54, 1.807) is 24.3 Å². The van der Waals surface area contributed by atoms with Crippen molar-refractivity contribution in [2.45, 2.75) is 35.4 Å². The number of unbranched alkanes of at least 4 members (excludes halogenated alkanes) is 2. The first-order valence-electron chi connectivity index (χ1n) is 14.0. The van der Waals surface area contributed by atoms with Crippen molar-refractivity contribution in [3.05, 3.63) is 101 Å². The SMILES string of the molecule is COc1cccc(C(=O)COC(=O)CCCCCN2C(=O)[C@@H]3[C@@H](C2=O)C2(Cl)c4ccccc4C3(Cl)c3ccccc32)c1. The number of amides is 2. The summed E-state index contributed by atoms with van der Waals surface area (Å²) in [4.78, 5) is 51.1. The molecule has 2 atom stereocenters. The second kappa shape index (κ2) is 10.9. The molecule has 42 heavy (non-hydrogen) atoms. The molecule has 2 amide bonds. The summed E-state index contributed by atoms with van der Waals surface area (Å²) >= 11 is 14.9.